The first-order chi connectivity index (χ1) is 9.39. The van der Waals surface area contributed by atoms with Crippen LogP contribution in [-0.4, -0.2) is 36.4 Å². The number of nitrogens with zero attached hydrogens (tertiary/aromatic N) is 2. The Morgan fingerprint density at radius 3 is 2.80 bits per heavy atom. The first kappa shape index (κ1) is 13.3. The quantitative estimate of drug-likeness (QED) is 0.831. The Morgan fingerprint density at radius 1 is 1.40 bits per heavy atom. The lowest BCUT2D eigenvalue weighted by atomic mass is 10.3. The smallest absolute Gasteiger partial charge is 0.408 e. The molecule has 20 heavy (non-hydrogen) atoms. The summed E-state index contributed by atoms with van der Waals surface area (Å²) >= 11 is 0. The summed E-state index contributed by atoms with van der Waals surface area (Å²) in [6.07, 6.45) is 0.655. The molecule has 0 unspecified atom stereocenters. The Hall–Kier alpha value is -1.64. The maximum Gasteiger partial charge on any atom is 0.419 e. The molecule has 1 aliphatic heterocycles. The second-order valence-corrected chi connectivity index (χ2v) is 6.91. The third kappa shape index (κ3) is 1.96. The molecule has 0 aliphatic carbocycles. The minimum Gasteiger partial charge on any atom is -0.408 e. The molecular weight excluding hydrogens is 282 g/mol. The maximum absolute atomic E-state index is 12.5. The molecule has 2 heterocycles. The number of aryl methyl sites for hydroxylation is 1. The molecule has 8 heteroatoms. The summed E-state index contributed by atoms with van der Waals surface area (Å²) in [5, 5.41) is 0. The fourth-order valence-corrected chi connectivity index (χ4v) is 3.92. The van der Waals surface area contributed by atoms with Gasteiger partial charge in [-0.1, -0.05) is 0 Å². The lowest BCUT2D eigenvalue weighted by Crippen LogP contribution is -2.31. The first-order valence-corrected chi connectivity index (χ1v) is 7.69. The Kier molecular flexibility index (Phi) is 2.96. The van der Waals surface area contributed by atoms with Gasteiger partial charge < -0.3 is 10.2 Å². The van der Waals surface area contributed by atoms with E-state index in [2.05, 4.69) is 0 Å². The lowest BCUT2D eigenvalue weighted by Gasteiger charge is -2.15. The van der Waals surface area contributed by atoms with Crippen LogP contribution in [0.2, 0.25) is 0 Å². The van der Waals surface area contributed by atoms with E-state index >= 15 is 0 Å². The number of benzene rings is 1. The predicted molar refractivity (Wildman–Crippen MR) is 72.8 cm³/mol. The lowest BCUT2D eigenvalue weighted by molar-refractivity contribution is 0.472. The monoisotopic (exact) mass is 297 g/mol. The molecular formula is C12H15N3O4S. The van der Waals surface area contributed by atoms with Gasteiger partial charge in [0.1, 0.15) is 0 Å². The van der Waals surface area contributed by atoms with Crippen molar-refractivity contribution < 1.29 is 12.8 Å². The summed E-state index contributed by atoms with van der Waals surface area (Å²) in [7, 11) is -2.01. The highest BCUT2D eigenvalue weighted by molar-refractivity contribution is 7.89. The summed E-state index contributed by atoms with van der Waals surface area (Å²) in [4.78, 5) is 11.5. The van der Waals surface area contributed by atoms with Gasteiger partial charge in [-0.05, 0) is 18.6 Å². The van der Waals surface area contributed by atoms with Crippen LogP contribution in [-0.2, 0) is 17.1 Å². The molecule has 1 aromatic carbocycles. The second kappa shape index (κ2) is 4.44. The van der Waals surface area contributed by atoms with Gasteiger partial charge in [0.15, 0.2) is 5.58 Å². The minimum atomic E-state index is -3.58. The molecule has 0 amide bonds. The van der Waals surface area contributed by atoms with Crippen molar-refractivity contribution in [1.82, 2.24) is 8.87 Å². The van der Waals surface area contributed by atoms with Crippen LogP contribution in [0.5, 0.6) is 0 Å². The van der Waals surface area contributed by atoms with E-state index in [-0.39, 0.29) is 16.5 Å². The average Bonchev–Trinajstić information content (AvgIpc) is 2.95. The van der Waals surface area contributed by atoms with Crippen molar-refractivity contribution in [3.05, 3.63) is 28.7 Å². The molecule has 7 nitrogen and oxygen atoms in total. The van der Waals surface area contributed by atoms with Crippen molar-refractivity contribution >= 4 is 21.1 Å². The van der Waals surface area contributed by atoms with E-state index in [1.807, 2.05) is 0 Å². The van der Waals surface area contributed by atoms with Gasteiger partial charge in [0.2, 0.25) is 10.0 Å². The Balaban J connectivity index is 2.08. The van der Waals surface area contributed by atoms with E-state index in [0.717, 1.165) is 0 Å². The normalized spacial score (nSPS) is 20.8. The molecule has 3 rings (SSSR count). The topological polar surface area (TPSA) is 98.5 Å². The average molecular weight is 297 g/mol. The van der Waals surface area contributed by atoms with E-state index < -0.39 is 15.8 Å². The SMILES string of the molecule is Cn1c(=O)oc2cc(S(=O)(=O)N3CC[C@H](N)C3)ccc21. The van der Waals surface area contributed by atoms with Crippen molar-refractivity contribution in [2.75, 3.05) is 13.1 Å². The fraction of sp³-hybridized carbons (Fsp3) is 0.417. The third-order valence-corrected chi connectivity index (χ3v) is 5.45. The predicted octanol–water partition coefficient (Wildman–Crippen LogP) is -0.147. The molecule has 0 bridgehead atoms. The summed E-state index contributed by atoms with van der Waals surface area (Å²) in [6.45, 7) is 0.735. The van der Waals surface area contributed by atoms with Crippen LogP contribution in [0.4, 0.5) is 0 Å². The van der Waals surface area contributed by atoms with Crippen molar-refractivity contribution in [1.29, 1.82) is 0 Å². The molecule has 0 saturated carbocycles. The molecule has 1 aliphatic rings. The van der Waals surface area contributed by atoms with Crippen molar-refractivity contribution in [2.45, 2.75) is 17.4 Å². The summed E-state index contributed by atoms with van der Waals surface area (Å²) in [6, 6.07) is 4.32. The number of aromatic nitrogens is 1. The molecule has 0 radical (unpaired) electrons. The number of oxazole rings is 1. The third-order valence-electron chi connectivity index (χ3n) is 3.59. The Bertz CT molecular complexity index is 821. The van der Waals surface area contributed by atoms with Gasteiger partial charge in [0, 0.05) is 32.2 Å². The Morgan fingerprint density at radius 2 is 2.15 bits per heavy atom. The number of hydrogen-bond acceptors (Lipinski definition) is 5. The van der Waals surface area contributed by atoms with Crippen LogP contribution in [0.1, 0.15) is 6.42 Å². The van der Waals surface area contributed by atoms with Crippen LogP contribution in [0, 0.1) is 0 Å². The fourth-order valence-electron chi connectivity index (χ4n) is 2.40. The van der Waals surface area contributed by atoms with Crippen LogP contribution in [0.3, 0.4) is 0 Å². The zero-order chi connectivity index (χ0) is 14.5. The van der Waals surface area contributed by atoms with Gasteiger partial charge in [-0.15, -0.1) is 0 Å². The second-order valence-electron chi connectivity index (χ2n) is 4.97. The molecule has 1 aromatic heterocycles. The molecule has 1 atom stereocenters. The standard InChI is InChI=1S/C12H15N3O4S/c1-14-10-3-2-9(6-11(10)19-12(14)16)20(17,18)15-5-4-8(13)7-15/h2-3,6,8H,4-5,7,13H2,1H3/t8-/m0/s1. The largest absolute Gasteiger partial charge is 0.419 e. The van der Waals surface area contributed by atoms with Gasteiger partial charge in [-0.2, -0.15) is 4.31 Å². The highest BCUT2D eigenvalue weighted by atomic mass is 32.2. The molecule has 1 saturated heterocycles. The number of fused-ring (bicyclic) bond motifs is 1. The van der Waals surface area contributed by atoms with E-state index in [4.69, 9.17) is 10.2 Å². The summed E-state index contributed by atoms with van der Waals surface area (Å²) < 4.78 is 32.6. The summed E-state index contributed by atoms with van der Waals surface area (Å²) in [5.41, 5.74) is 6.57. The van der Waals surface area contributed by atoms with Gasteiger partial charge in [0.05, 0.1) is 10.4 Å². The van der Waals surface area contributed by atoms with Crippen LogP contribution in [0.25, 0.3) is 11.1 Å². The van der Waals surface area contributed by atoms with Crippen molar-refractivity contribution in [3.8, 4) is 0 Å². The molecule has 0 spiro atoms. The zero-order valence-electron chi connectivity index (χ0n) is 10.9. The van der Waals surface area contributed by atoms with Gasteiger partial charge >= 0.3 is 5.76 Å². The Labute approximate surface area is 115 Å². The zero-order valence-corrected chi connectivity index (χ0v) is 11.8. The van der Waals surface area contributed by atoms with Crippen LogP contribution < -0.4 is 11.5 Å². The van der Waals surface area contributed by atoms with E-state index in [9.17, 15) is 13.2 Å². The van der Waals surface area contributed by atoms with E-state index in [1.54, 1.807) is 13.1 Å². The number of nitrogens with two attached hydrogens (primary N) is 1. The molecule has 2 N–H and O–H groups in total. The number of rotatable bonds is 2. The highest BCUT2D eigenvalue weighted by Crippen LogP contribution is 2.23. The number of hydrogen-bond donors (Lipinski definition) is 1. The first-order valence-electron chi connectivity index (χ1n) is 6.25. The van der Waals surface area contributed by atoms with Crippen molar-refractivity contribution in [3.63, 3.8) is 0 Å². The van der Waals surface area contributed by atoms with E-state index in [1.165, 1.54) is 21.0 Å². The van der Waals surface area contributed by atoms with Crippen LogP contribution >= 0.6 is 0 Å². The molecule has 108 valence electrons. The van der Waals surface area contributed by atoms with E-state index in [0.29, 0.717) is 25.0 Å². The minimum absolute atomic E-state index is 0.119. The van der Waals surface area contributed by atoms with Gasteiger partial charge in [-0.3, -0.25) is 4.57 Å². The maximum atomic E-state index is 12.5. The molecule has 1 fully saturated rings. The molecule has 2 aromatic rings. The van der Waals surface area contributed by atoms with Gasteiger partial charge in [-0.25, -0.2) is 13.2 Å². The number of sulfonamides is 1. The van der Waals surface area contributed by atoms with Crippen molar-refractivity contribution in [2.24, 2.45) is 12.8 Å². The van der Waals surface area contributed by atoms with Crippen LogP contribution in [0.15, 0.2) is 32.3 Å². The summed E-state index contributed by atoms with van der Waals surface area (Å²) in [5.74, 6) is -0.516. The highest BCUT2D eigenvalue weighted by Gasteiger charge is 2.31. The van der Waals surface area contributed by atoms with Gasteiger partial charge in [0.25, 0.3) is 0 Å².